The minimum absolute atomic E-state index is 0.833. The predicted molar refractivity (Wildman–Crippen MR) is 30.9 cm³/mol. The summed E-state index contributed by atoms with van der Waals surface area (Å²) in [6.07, 6.45) is 3.93. The van der Waals surface area contributed by atoms with Crippen LogP contribution in [-0.4, -0.2) is 18.5 Å². The summed E-state index contributed by atoms with van der Waals surface area (Å²) in [7, 11) is 1.96. The number of halogens is 1. The van der Waals surface area contributed by atoms with Crippen LogP contribution in [0.4, 0.5) is 0 Å². The van der Waals surface area contributed by atoms with E-state index in [1.165, 1.54) is 0 Å². The summed E-state index contributed by atoms with van der Waals surface area (Å²) in [5.74, 6) is 0. The van der Waals surface area contributed by atoms with E-state index < -0.39 is 0 Å². The van der Waals surface area contributed by atoms with E-state index in [0.29, 0.717) is 0 Å². The Bertz CT molecular complexity index is 98.3. The molecule has 7 heavy (non-hydrogen) atoms. The minimum atomic E-state index is 0.833. The van der Waals surface area contributed by atoms with Gasteiger partial charge in [-0.25, -0.2) is 0 Å². The van der Waals surface area contributed by atoms with E-state index in [-0.39, 0.29) is 0 Å². The third kappa shape index (κ3) is 0.885. The fraction of sp³-hybridized carbons (Fsp3) is 0.400. The number of hydrogen-bond acceptors (Lipinski definition) is 1. The van der Waals surface area contributed by atoms with E-state index in [1.54, 1.807) is 0 Å². The van der Waals surface area contributed by atoms with Gasteiger partial charge >= 0.3 is 0 Å². The Morgan fingerprint density at radius 2 is 2.57 bits per heavy atom. The van der Waals surface area contributed by atoms with Crippen molar-refractivity contribution in [3.63, 3.8) is 0 Å². The van der Waals surface area contributed by atoms with Crippen molar-refractivity contribution in [1.29, 1.82) is 0 Å². The summed E-state index contributed by atoms with van der Waals surface area (Å²) in [5.41, 5.74) is 0. The number of rotatable bonds is 0. The first-order valence-corrected chi connectivity index (χ1v) is 2.58. The quantitative estimate of drug-likeness (QED) is 0.430. The molecule has 39 valence electrons. The Hall–Kier alpha value is -0.170. The van der Waals surface area contributed by atoms with E-state index in [4.69, 9.17) is 11.6 Å². The van der Waals surface area contributed by atoms with E-state index in [0.717, 1.165) is 11.7 Å². The van der Waals surface area contributed by atoms with Crippen molar-refractivity contribution in [3.8, 4) is 0 Å². The molecule has 1 rings (SSSR count). The molecule has 0 aromatic carbocycles. The molecule has 0 saturated heterocycles. The van der Waals surface area contributed by atoms with Gasteiger partial charge in [-0.05, 0) is 6.08 Å². The molecular formula is C5H7ClN. The normalized spacial score (nSPS) is 20.3. The maximum absolute atomic E-state index is 5.62. The van der Waals surface area contributed by atoms with Crippen LogP contribution in [0.1, 0.15) is 0 Å². The monoisotopic (exact) mass is 116 g/mol. The van der Waals surface area contributed by atoms with Crippen LogP contribution in [0, 0.1) is 6.42 Å². The lowest BCUT2D eigenvalue weighted by Gasteiger charge is -2.07. The Balaban J connectivity index is 2.54. The largest absolute Gasteiger partial charge is 0.365 e. The van der Waals surface area contributed by atoms with Crippen LogP contribution in [0.25, 0.3) is 0 Å². The molecule has 0 N–H and O–H groups in total. The second-order valence-corrected chi connectivity index (χ2v) is 1.99. The lowest BCUT2D eigenvalue weighted by atomic mass is 10.5. The van der Waals surface area contributed by atoms with Crippen molar-refractivity contribution in [2.75, 3.05) is 13.6 Å². The molecule has 1 radical (unpaired) electrons. The van der Waals surface area contributed by atoms with Gasteiger partial charge in [0.25, 0.3) is 0 Å². The fourth-order valence-corrected chi connectivity index (χ4v) is 0.681. The summed E-state index contributed by atoms with van der Waals surface area (Å²) < 4.78 is 0. The molecule has 1 aliphatic rings. The molecule has 0 unspecified atom stereocenters. The van der Waals surface area contributed by atoms with Crippen LogP contribution in [0.2, 0.25) is 0 Å². The van der Waals surface area contributed by atoms with Gasteiger partial charge in [0.2, 0.25) is 0 Å². The van der Waals surface area contributed by atoms with E-state index in [9.17, 15) is 0 Å². The lowest BCUT2D eigenvalue weighted by Crippen LogP contribution is -2.09. The third-order valence-electron chi connectivity index (χ3n) is 0.999. The van der Waals surface area contributed by atoms with Crippen LogP contribution < -0.4 is 0 Å². The van der Waals surface area contributed by atoms with Crippen LogP contribution in [0.5, 0.6) is 0 Å². The van der Waals surface area contributed by atoms with Gasteiger partial charge in [-0.3, -0.25) is 0 Å². The zero-order valence-corrected chi connectivity index (χ0v) is 4.94. The van der Waals surface area contributed by atoms with Gasteiger partial charge in [-0.15, -0.1) is 0 Å². The first kappa shape index (κ1) is 4.98. The van der Waals surface area contributed by atoms with Gasteiger partial charge in [0, 0.05) is 20.0 Å². The molecular weight excluding hydrogens is 110 g/mol. The molecule has 0 atom stereocenters. The average Bonchev–Trinajstić information content (AvgIpc) is 1.91. The minimum Gasteiger partial charge on any atom is -0.365 e. The predicted octanol–water partition coefficient (Wildman–Crippen LogP) is 1.22. The maximum atomic E-state index is 5.62. The first-order chi connectivity index (χ1) is 3.30. The van der Waals surface area contributed by atoms with Gasteiger partial charge in [-0.1, -0.05) is 11.6 Å². The van der Waals surface area contributed by atoms with Gasteiger partial charge in [0.1, 0.15) is 5.16 Å². The molecule has 2 heteroatoms. The molecule has 0 spiro atoms. The van der Waals surface area contributed by atoms with Gasteiger partial charge in [-0.2, -0.15) is 0 Å². The van der Waals surface area contributed by atoms with Gasteiger partial charge < -0.3 is 4.90 Å². The molecule has 0 amide bonds. The van der Waals surface area contributed by atoms with Crippen LogP contribution in [0.15, 0.2) is 11.2 Å². The zero-order valence-electron chi connectivity index (χ0n) is 4.19. The van der Waals surface area contributed by atoms with Crippen molar-refractivity contribution in [2.45, 2.75) is 0 Å². The maximum Gasteiger partial charge on any atom is 0.100 e. The molecule has 0 saturated carbocycles. The van der Waals surface area contributed by atoms with E-state index in [2.05, 4.69) is 0 Å². The van der Waals surface area contributed by atoms with Crippen molar-refractivity contribution in [2.24, 2.45) is 0 Å². The Kier molecular flexibility index (Phi) is 1.24. The molecule has 1 heterocycles. The molecule has 0 bridgehead atoms. The highest BCUT2D eigenvalue weighted by molar-refractivity contribution is 6.29. The summed E-state index contributed by atoms with van der Waals surface area (Å²) in [4.78, 5) is 1.97. The summed E-state index contributed by atoms with van der Waals surface area (Å²) in [5, 5.41) is 0.833. The lowest BCUT2D eigenvalue weighted by molar-refractivity contribution is 0.507. The fourth-order valence-electron chi connectivity index (χ4n) is 0.523. The van der Waals surface area contributed by atoms with Crippen molar-refractivity contribution in [1.82, 2.24) is 4.90 Å². The van der Waals surface area contributed by atoms with Crippen molar-refractivity contribution in [3.05, 3.63) is 17.7 Å². The number of nitrogens with zero attached hydrogens (tertiary/aromatic N) is 1. The molecule has 1 nitrogen and oxygen atoms in total. The first-order valence-electron chi connectivity index (χ1n) is 2.21. The third-order valence-corrected chi connectivity index (χ3v) is 1.41. The van der Waals surface area contributed by atoms with Crippen LogP contribution >= 0.6 is 11.6 Å². The van der Waals surface area contributed by atoms with Gasteiger partial charge in [0.05, 0.1) is 0 Å². The highest BCUT2D eigenvalue weighted by Crippen LogP contribution is 2.13. The highest BCUT2D eigenvalue weighted by atomic mass is 35.5. The average molecular weight is 117 g/mol. The number of hydrogen-bond donors (Lipinski definition) is 0. The topological polar surface area (TPSA) is 3.24 Å². The summed E-state index contributed by atoms with van der Waals surface area (Å²) >= 11 is 5.62. The SMILES string of the molecule is CN1C[CH]C=C1Cl. The standard InChI is InChI=1S/C5H7ClN/c1-7-4-2-3-5(7)6/h2-3H,4H2,1H3. The van der Waals surface area contributed by atoms with E-state index in [1.807, 2.05) is 24.4 Å². The van der Waals surface area contributed by atoms with E-state index >= 15 is 0 Å². The van der Waals surface area contributed by atoms with Crippen LogP contribution in [0.3, 0.4) is 0 Å². The Labute approximate surface area is 48.6 Å². The molecule has 0 fully saturated rings. The molecule has 0 aliphatic carbocycles. The van der Waals surface area contributed by atoms with Crippen molar-refractivity contribution >= 4 is 11.6 Å². The summed E-state index contributed by atoms with van der Waals surface area (Å²) in [6.45, 7) is 0.957. The zero-order chi connectivity index (χ0) is 5.28. The second kappa shape index (κ2) is 1.74. The second-order valence-electron chi connectivity index (χ2n) is 1.61. The smallest absolute Gasteiger partial charge is 0.100 e. The summed E-state index contributed by atoms with van der Waals surface area (Å²) in [6, 6.07) is 0. The Morgan fingerprint density at radius 1 is 1.86 bits per heavy atom. The van der Waals surface area contributed by atoms with Crippen molar-refractivity contribution < 1.29 is 0 Å². The molecule has 1 aliphatic heterocycles. The van der Waals surface area contributed by atoms with Crippen LogP contribution in [-0.2, 0) is 0 Å². The Morgan fingerprint density at radius 3 is 2.71 bits per heavy atom. The van der Waals surface area contributed by atoms with Gasteiger partial charge in [0.15, 0.2) is 0 Å². The highest BCUT2D eigenvalue weighted by Gasteiger charge is 2.05. The molecule has 0 aromatic heterocycles. The molecule has 0 aromatic rings.